The fourth-order valence-corrected chi connectivity index (χ4v) is 2.76. The summed E-state index contributed by atoms with van der Waals surface area (Å²) in [6.45, 7) is 0. The standard InChI is InChI=1S/C18H15N3O/c22-18(10-12-5-6-13-7-8-19-16(13)9-12)21-17-11-20-15-4-2-1-3-14(15)17/h1-9,11,19-20H,10H2,(H,21,22). The Hall–Kier alpha value is -3.01. The minimum Gasteiger partial charge on any atom is -0.361 e. The number of amides is 1. The third kappa shape index (κ3) is 2.24. The van der Waals surface area contributed by atoms with Crippen molar-refractivity contribution in [3.63, 3.8) is 0 Å². The van der Waals surface area contributed by atoms with E-state index in [2.05, 4.69) is 15.3 Å². The number of aromatic amines is 2. The van der Waals surface area contributed by atoms with Gasteiger partial charge in [0, 0.05) is 28.8 Å². The van der Waals surface area contributed by atoms with Gasteiger partial charge in [-0.05, 0) is 29.1 Å². The summed E-state index contributed by atoms with van der Waals surface area (Å²) in [5, 5.41) is 5.15. The summed E-state index contributed by atoms with van der Waals surface area (Å²) in [6.07, 6.45) is 4.09. The molecular formula is C18H15N3O. The quantitative estimate of drug-likeness (QED) is 0.527. The molecule has 4 nitrogen and oxygen atoms in total. The highest BCUT2D eigenvalue weighted by atomic mass is 16.1. The zero-order chi connectivity index (χ0) is 14.9. The van der Waals surface area contributed by atoms with Crippen LogP contribution in [0, 0.1) is 0 Å². The van der Waals surface area contributed by atoms with Crippen molar-refractivity contribution < 1.29 is 4.79 Å². The Morgan fingerprint density at radius 3 is 2.86 bits per heavy atom. The van der Waals surface area contributed by atoms with Gasteiger partial charge in [0.25, 0.3) is 0 Å². The molecule has 0 bridgehead atoms. The van der Waals surface area contributed by atoms with E-state index in [1.165, 1.54) is 0 Å². The lowest BCUT2D eigenvalue weighted by molar-refractivity contribution is -0.115. The molecule has 0 unspecified atom stereocenters. The molecule has 0 atom stereocenters. The lowest BCUT2D eigenvalue weighted by atomic mass is 10.1. The van der Waals surface area contributed by atoms with Gasteiger partial charge in [-0.2, -0.15) is 0 Å². The number of carbonyl (C=O) groups is 1. The predicted molar refractivity (Wildman–Crippen MR) is 88.9 cm³/mol. The van der Waals surface area contributed by atoms with Gasteiger partial charge in [0.2, 0.25) is 5.91 Å². The van der Waals surface area contributed by atoms with Gasteiger partial charge >= 0.3 is 0 Å². The van der Waals surface area contributed by atoms with E-state index in [9.17, 15) is 4.79 Å². The van der Waals surface area contributed by atoms with Crippen molar-refractivity contribution in [1.82, 2.24) is 9.97 Å². The highest BCUT2D eigenvalue weighted by Gasteiger charge is 2.08. The van der Waals surface area contributed by atoms with E-state index in [4.69, 9.17) is 0 Å². The number of hydrogen-bond acceptors (Lipinski definition) is 1. The first-order chi connectivity index (χ1) is 10.8. The van der Waals surface area contributed by atoms with E-state index in [1.54, 1.807) is 0 Å². The molecule has 4 aromatic rings. The number of aromatic nitrogens is 2. The molecule has 2 aromatic carbocycles. The molecule has 4 rings (SSSR count). The first-order valence-corrected chi connectivity index (χ1v) is 7.21. The van der Waals surface area contributed by atoms with Gasteiger partial charge in [0.1, 0.15) is 0 Å². The lowest BCUT2D eigenvalue weighted by Gasteiger charge is -2.04. The molecule has 0 aliphatic rings. The van der Waals surface area contributed by atoms with Gasteiger partial charge in [-0.1, -0.05) is 30.3 Å². The summed E-state index contributed by atoms with van der Waals surface area (Å²) in [5.41, 5.74) is 3.89. The van der Waals surface area contributed by atoms with Crippen molar-refractivity contribution in [3.05, 3.63) is 66.5 Å². The molecular weight excluding hydrogens is 274 g/mol. The molecule has 2 aromatic heterocycles. The number of carbonyl (C=O) groups excluding carboxylic acids is 1. The molecule has 1 amide bonds. The Kier molecular flexibility index (Phi) is 2.93. The second-order valence-corrected chi connectivity index (χ2v) is 5.37. The second kappa shape index (κ2) is 5.07. The molecule has 0 fully saturated rings. The topological polar surface area (TPSA) is 60.7 Å². The summed E-state index contributed by atoms with van der Waals surface area (Å²) in [4.78, 5) is 18.6. The van der Waals surface area contributed by atoms with E-state index < -0.39 is 0 Å². The number of fused-ring (bicyclic) bond motifs is 2. The summed E-state index contributed by atoms with van der Waals surface area (Å²) in [5.74, 6) is -0.0179. The molecule has 0 saturated heterocycles. The maximum Gasteiger partial charge on any atom is 0.228 e. The normalized spacial score (nSPS) is 11.1. The number of para-hydroxylation sites is 1. The van der Waals surface area contributed by atoms with Gasteiger partial charge in [0.15, 0.2) is 0 Å². The average Bonchev–Trinajstić information content (AvgIpc) is 3.14. The summed E-state index contributed by atoms with van der Waals surface area (Å²) >= 11 is 0. The van der Waals surface area contributed by atoms with Crippen LogP contribution < -0.4 is 5.32 Å². The van der Waals surface area contributed by atoms with Crippen LogP contribution >= 0.6 is 0 Å². The smallest absolute Gasteiger partial charge is 0.228 e. The first kappa shape index (κ1) is 12.7. The Morgan fingerprint density at radius 2 is 1.91 bits per heavy atom. The van der Waals surface area contributed by atoms with Crippen LogP contribution in [0.5, 0.6) is 0 Å². The van der Waals surface area contributed by atoms with E-state index in [0.717, 1.165) is 33.1 Å². The number of benzene rings is 2. The minimum absolute atomic E-state index is 0.0179. The van der Waals surface area contributed by atoms with Gasteiger partial charge in [0.05, 0.1) is 12.1 Å². The van der Waals surface area contributed by atoms with Crippen LogP contribution in [0.4, 0.5) is 5.69 Å². The van der Waals surface area contributed by atoms with Crippen molar-refractivity contribution in [1.29, 1.82) is 0 Å². The first-order valence-electron chi connectivity index (χ1n) is 7.21. The Bertz CT molecular complexity index is 964. The Labute approximate surface area is 127 Å². The average molecular weight is 289 g/mol. The third-order valence-electron chi connectivity index (χ3n) is 3.85. The van der Waals surface area contributed by atoms with Crippen LogP contribution in [-0.2, 0) is 11.2 Å². The summed E-state index contributed by atoms with van der Waals surface area (Å²) < 4.78 is 0. The van der Waals surface area contributed by atoms with Crippen LogP contribution in [-0.4, -0.2) is 15.9 Å². The third-order valence-corrected chi connectivity index (χ3v) is 3.85. The van der Waals surface area contributed by atoms with E-state index in [1.807, 2.05) is 60.9 Å². The number of anilines is 1. The molecule has 0 spiro atoms. The van der Waals surface area contributed by atoms with Gasteiger partial charge in [-0.3, -0.25) is 4.79 Å². The Morgan fingerprint density at radius 1 is 1.00 bits per heavy atom. The van der Waals surface area contributed by atoms with Crippen LogP contribution in [0.15, 0.2) is 60.9 Å². The maximum atomic E-state index is 12.3. The van der Waals surface area contributed by atoms with Gasteiger partial charge in [-0.15, -0.1) is 0 Å². The number of H-pyrrole nitrogens is 2. The zero-order valence-corrected chi connectivity index (χ0v) is 11.9. The zero-order valence-electron chi connectivity index (χ0n) is 11.9. The molecule has 0 aliphatic heterocycles. The molecule has 0 saturated carbocycles. The predicted octanol–water partition coefficient (Wildman–Crippen LogP) is 3.83. The van der Waals surface area contributed by atoms with E-state index >= 15 is 0 Å². The molecule has 22 heavy (non-hydrogen) atoms. The fraction of sp³-hybridized carbons (Fsp3) is 0.0556. The number of nitrogens with one attached hydrogen (secondary N) is 3. The van der Waals surface area contributed by atoms with Crippen molar-refractivity contribution in [3.8, 4) is 0 Å². The molecule has 0 aliphatic carbocycles. The highest BCUT2D eigenvalue weighted by Crippen LogP contribution is 2.22. The van der Waals surface area contributed by atoms with Crippen molar-refractivity contribution in [2.45, 2.75) is 6.42 Å². The largest absolute Gasteiger partial charge is 0.361 e. The van der Waals surface area contributed by atoms with Gasteiger partial charge < -0.3 is 15.3 Å². The molecule has 3 N–H and O–H groups in total. The summed E-state index contributed by atoms with van der Waals surface area (Å²) in [7, 11) is 0. The monoisotopic (exact) mass is 289 g/mol. The van der Waals surface area contributed by atoms with Crippen LogP contribution in [0.25, 0.3) is 21.8 Å². The van der Waals surface area contributed by atoms with Crippen molar-refractivity contribution in [2.24, 2.45) is 0 Å². The van der Waals surface area contributed by atoms with E-state index in [-0.39, 0.29) is 5.91 Å². The Balaban J connectivity index is 1.54. The lowest BCUT2D eigenvalue weighted by Crippen LogP contribution is -2.14. The van der Waals surface area contributed by atoms with Crippen LogP contribution in [0.2, 0.25) is 0 Å². The SMILES string of the molecule is O=C(Cc1ccc2cc[nH]c2c1)Nc1c[nH]c2ccccc12. The van der Waals surface area contributed by atoms with Crippen LogP contribution in [0.3, 0.4) is 0 Å². The second-order valence-electron chi connectivity index (χ2n) is 5.37. The minimum atomic E-state index is -0.0179. The number of hydrogen-bond donors (Lipinski definition) is 3. The van der Waals surface area contributed by atoms with Crippen molar-refractivity contribution in [2.75, 3.05) is 5.32 Å². The highest BCUT2D eigenvalue weighted by molar-refractivity contribution is 6.02. The molecule has 108 valence electrons. The molecule has 0 radical (unpaired) electrons. The molecule has 2 heterocycles. The van der Waals surface area contributed by atoms with Crippen LogP contribution in [0.1, 0.15) is 5.56 Å². The maximum absolute atomic E-state index is 12.3. The summed E-state index contributed by atoms with van der Waals surface area (Å²) in [6, 6.07) is 16.0. The fourth-order valence-electron chi connectivity index (χ4n) is 2.76. The molecule has 4 heteroatoms. The van der Waals surface area contributed by atoms with Gasteiger partial charge in [-0.25, -0.2) is 0 Å². The number of rotatable bonds is 3. The van der Waals surface area contributed by atoms with E-state index in [0.29, 0.717) is 6.42 Å². The van der Waals surface area contributed by atoms with Crippen molar-refractivity contribution >= 4 is 33.4 Å².